The average Bonchev–Trinajstić information content (AvgIpc) is 2.95. The van der Waals surface area contributed by atoms with Gasteiger partial charge in [0.2, 0.25) is 5.78 Å². The zero-order chi connectivity index (χ0) is 11.8. The maximum atomic E-state index is 12.2. The summed E-state index contributed by atoms with van der Waals surface area (Å²) in [7, 11) is 1.78. The normalized spacial score (nSPS) is 13.2. The molecule has 0 saturated heterocycles. The highest BCUT2D eigenvalue weighted by atomic mass is 16.1. The number of hydrogen-bond donors (Lipinski definition) is 1. The minimum Gasteiger partial charge on any atom is -0.384 e. The van der Waals surface area contributed by atoms with E-state index in [9.17, 15) is 4.79 Å². The van der Waals surface area contributed by atoms with E-state index in [1.165, 1.54) is 5.56 Å². The molecule has 0 aliphatic carbocycles. The predicted molar refractivity (Wildman–Crippen MR) is 65.3 cm³/mol. The van der Waals surface area contributed by atoms with Gasteiger partial charge in [0.1, 0.15) is 5.69 Å². The van der Waals surface area contributed by atoms with Crippen LogP contribution in [0.2, 0.25) is 0 Å². The van der Waals surface area contributed by atoms with Crippen LogP contribution >= 0.6 is 0 Å². The number of anilines is 1. The molecule has 0 unspecified atom stereocenters. The van der Waals surface area contributed by atoms with Crippen molar-refractivity contribution in [2.45, 2.75) is 6.42 Å². The molecule has 1 aromatic heterocycles. The number of nitrogens with one attached hydrogen (secondary N) is 1. The zero-order valence-electron chi connectivity index (χ0n) is 9.60. The summed E-state index contributed by atoms with van der Waals surface area (Å²) in [5, 5.41) is 7.30. The summed E-state index contributed by atoms with van der Waals surface area (Å²) < 4.78 is 1.60. The summed E-state index contributed by atoms with van der Waals surface area (Å²) in [6.07, 6.45) is 2.67. The lowest BCUT2D eigenvalue weighted by Crippen LogP contribution is -2.08. The lowest BCUT2D eigenvalue weighted by atomic mass is 10.0. The number of hydrogen-bond acceptors (Lipinski definition) is 3. The van der Waals surface area contributed by atoms with E-state index in [1.807, 2.05) is 18.2 Å². The monoisotopic (exact) mass is 227 g/mol. The fourth-order valence-corrected chi connectivity index (χ4v) is 2.18. The number of fused-ring (bicyclic) bond motifs is 1. The van der Waals surface area contributed by atoms with Crippen LogP contribution in [0.1, 0.15) is 21.6 Å². The fourth-order valence-electron chi connectivity index (χ4n) is 2.18. The molecule has 2 aromatic rings. The number of nitrogens with zero attached hydrogens (tertiary/aromatic N) is 2. The van der Waals surface area contributed by atoms with Crippen LogP contribution in [-0.4, -0.2) is 22.1 Å². The minimum atomic E-state index is 0.0153. The van der Waals surface area contributed by atoms with Crippen LogP contribution in [0.25, 0.3) is 0 Å². The second-order valence-corrected chi connectivity index (χ2v) is 4.22. The number of benzene rings is 1. The van der Waals surface area contributed by atoms with Crippen LogP contribution in [0.5, 0.6) is 0 Å². The first kappa shape index (κ1) is 10.1. The molecule has 1 aliphatic rings. The highest BCUT2D eigenvalue weighted by Gasteiger charge is 2.16. The molecular weight excluding hydrogens is 214 g/mol. The van der Waals surface area contributed by atoms with E-state index < -0.39 is 0 Å². The van der Waals surface area contributed by atoms with Crippen molar-refractivity contribution in [1.29, 1.82) is 0 Å². The van der Waals surface area contributed by atoms with Crippen LogP contribution in [0.3, 0.4) is 0 Å². The third-order valence-corrected chi connectivity index (χ3v) is 3.14. The third kappa shape index (κ3) is 1.62. The standard InChI is InChI=1S/C13H13N3O/c1-16-12(5-7-15-16)13(17)10-3-2-9-4-6-14-11(9)8-10/h2-3,5,7-8,14H,4,6H2,1H3. The molecule has 0 spiro atoms. The van der Waals surface area contributed by atoms with Gasteiger partial charge in [-0.25, -0.2) is 0 Å². The topological polar surface area (TPSA) is 46.9 Å². The summed E-state index contributed by atoms with van der Waals surface area (Å²) >= 11 is 0. The number of aryl methyl sites for hydroxylation is 1. The number of carbonyl (C=O) groups is 1. The second-order valence-electron chi connectivity index (χ2n) is 4.22. The Morgan fingerprint density at radius 1 is 1.41 bits per heavy atom. The van der Waals surface area contributed by atoms with Gasteiger partial charge in [0.15, 0.2) is 0 Å². The molecule has 0 radical (unpaired) electrons. The van der Waals surface area contributed by atoms with Crippen LogP contribution in [0.4, 0.5) is 5.69 Å². The van der Waals surface area contributed by atoms with Gasteiger partial charge in [-0.2, -0.15) is 5.10 Å². The molecule has 3 rings (SSSR count). The molecule has 1 aliphatic heterocycles. The van der Waals surface area contributed by atoms with Gasteiger partial charge in [-0.3, -0.25) is 9.48 Å². The minimum absolute atomic E-state index is 0.0153. The van der Waals surface area contributed by atoms with Crippen LogP contribution < -0.4 is 5.32 Å². The number of rotatable bonds is 2. The van der Waals surface area contributed by atoms with Gasteiger partial charge >= 0.3 is 0 Å². The molecule has 86 valence electrons. The molecule has 4 nitrogen and oxygen atoms in total. The van der Waals surface area contributed by atoms with Gasteiger partial charge in [-0.1, -0.05) is 12.1 Å². The van der Waals surface area contributed by atoms with Crippen molar-refractivity contribution in [1.82, 2.24) is 9.78 Å². The molecular formula is C13H13N3O. The maximum absolute atomic E-state index is 12.2. The lowest BCUT2D eigenvalue weighted by Gasteiger charge is -2.04. The second kappa shape index (κ2) is 3.73. The first-order valence-corrected chi connectivity index (χ1v) is 5.65. The molecule has 2 heterocycles. The summed E-state index contributed by atoms with van der Waals surface area (Å²) in [6, 6.07) is 7.58. The van der Waals surface area contributed by atoms with Crippen molar-refractivity contribution in [3.63, 3.8) is 0 Å². The molecule has 1 aromatic carbocycles. The van der Waals surface area contributed by atoms with Gasteiger partial charge in [-0.15, -0.1) is 0 Å². The predicted octanol–water partition coefficient (Wildman–Crippen LogP) is 1.62. The number of ketones is 1. The average molecular weight is 227 g/mol. The smallest absolute Gasteiger partial charge is 0.211 e. The van der Waals surface area contributed by atoms with Crippen molar-refractivity contribution in [2.24, 2.45) is 7.05 Å². The number of carbonyl (C=O) groups excluding carboxylic acids is 1. The quantitative estimate of drug-likeness (QED) is 0.793. The summed E-state index contributed by atoms with van der Waals surface area (Å²) in [5.74, 6) is 0.0153. The lowest BCUT2D eigenvalue weighted by molar-refractivity contribution is 0.103. The largest absolute Gasteiger partial charge is 0.384 e. The Labute approximate surface area is 99.3 Å². The van der Waals surface area contributed by atoms with E-state index in [0.717, 1.165) is 18.7 Å². The van der Waals surface area contributed by atoms with Gasteiger partial charge in [0.05, 0.1) is 0 Å². The molecule has 0 fully saturated rings. The Kier molecular flexibility index (Phi) is 2.21. The first-order valence-electron chi connectivity index (χ1n) is 5.65. The van der Waals surface area contributed by atoms with Crippen molar-refractivity contribution < 1.29 is 4.79 Å². The zero-order valence-corrected chi connectivity index (χ0v) is 9.60. The Morgan fingerprint density at radius 2 is 2.29 bits per heavy atom. The Morgan fingerprint density at radius 3 is 3.06 bits per heavy atom. The maximum Gasteiger partial charge on any atom is 0.211 e. The summed E-state index contributed by atoms with van der Waals surface area (Å²) in [5.41, 5.74) is 3.69. The van der Waals surface area contributed by atoms with Crippen molar-refractivity contribution >= 4 is 11.5 Å². The molecule has 0 atom stereocenters. The summed E-state index contributed by atoms with van der Waals surface area (Å²) in [6.45, 7) is 0.957. The first-order chi connectivity index (χ1) is 8.25. The van der Waals surface area contributed by atoms with E-state index in [1.54, 1.807) is 24.0 Å². The van der Waals surface area contributed by atoms with Crippen LogP contribution in [-0.2, 0) is 13.5 Å². The molecule has 4 heteroatoms. The van der Waals surface area contributed by atoms with Gasteiger partial charge < -0.3 is 5.32 Å². The third-order valence-electron chi connectivity index (χ3n) is 3.14. The van der Waals surface area contributed by atoms with Crippen molar-refractivity contribution in [3.8, 4) is 0 Å². The Balaban J connectivity index is 2.00. The van der Waals surface area contributed by atoms with Crippen molar-refractivity contribution in [3.05, 3.63) is 47.3 Å². The summed E-state index contributed by atoms with van der Waals surface area (Å²) in [4.78, 5) is 12.2. The molecule has 1 N–H and O–H groups in total. The number of aromatic nitrogens is 2. The van der Waals surface area contributed by atoms with E-state index in [0.29, 0.717) is 11.3 Å². The van der Waals surface area contributed by atoms with E-state index in [-0.39, 0.29) is 5.78 Å². The van der Waals surface area contributed by atoms with E-state index in [2.05, 4.69) is 10.4 Å². The molecule has 0 bridgehead atoms. The molecule has 17 heavy (non-hydrogen) atoms. The van der Waals surface area contributed by atoms with Gasteiger partial charge in [0, 0.05) is 31.0 Å². The Bertz CT molecular complexity index is 586. The molecule has 0 saturated carbocycles. The van der Waals surface area contributed by atoms with Crippen LogP contribution in [0, 0.1) is 0 Å². The Hall–Kier alpha value is -2.10. The van der Waals surface area contributed by atoms with Gasteiger partial charge in [-0.05, 0) is 24.1 Å². The molecule has 0 amide bonds. The highest BCUT2D eigenvalue weighted by Crippen LogP contribution is 2.24. The highest BCUT2D eigenvalue weighted by molar-refractivity contribution is 6.08. The van der Waals surface area contributed by atoms with Crippen molar-refractivity contribution in [2.75, 3.05) is 11.9 Å². The van der Waals surface area contributed by atoms with E-state index >= 15 is 0 Å². The SMILES string of the molecule is Cn1nccc1C(=O)c1ccc2c(c1)NCC2. The fraction of sp³-hybridized carbons (Fsp3) is 0.231. The van der Waals surface area contributed by atoms with Gasteiger partial charge in [0.25, 0.3) is 0 Å². The van der Waals surface area contributed by atoms with Crippen LogP contribution in [0.15, 0.2) is 30.5 Å². The van der Waals surface area contributed by atoms with E-state index in [4.69, 9.17) is 0 Å².